The smallest absolute Gasteiger partial charge is 0.224 e. The Morgan fingerprint density at radius 2 is 2.26 bits per heavy atom. The quantitative estimate of drug-likeness (QED) is 0.851. The van der Waals surface area contributed by atoms with Crippen LogP contribution in [-0.4, -0.2) is 40.6 Å². The number of carbonyl (C=O) groups is 1. The lowest BCUT2D eigenvalue weighted by atomic mass is 10.1. The van der Waals surface area contributed by atoms with Gasteiger partial charge in [0, 0.05) is 48.6 Å². The zero-order valence-electron chi connectivity index (χ0n) is 12.7. The van der Waals surface area contributed by atoms with Crippen LogP contribution in [-0.2, 0) is 4.79 Å². The van der Waals surface area contributed by atoms with E-state index in [4.69, 9.17) is 16.3 Å². The topological polar surface area (TPSA) is 47.4 Å². The Labute approximate surface area is 139 Å². The molecule has 0 N–H and O–H groups in total. The van der Waals surface area contributed by atoms with Gasteiger partial charge < -0.3 is 14.2 Å². The second-order valence-electron chi connectivity index (χ2n) is 5.93. The van der Waals surface area contributed by atoms with E-state index >= 15 is 0 Å². The van der Waals surface area contributed by atoms with Gasteiger partial charge in [0.05, 0.1) is 6.04 Å². The van der Waals surface area contributed by atoms with E-state index in [0.717, 1.165) is 22.7 Å². The summed E-state index contributed by atoms with van der Waals surface area (Å²) in [5.74, 6) is 1.84. The van der Waals surface area contributed by atoms with Crippen molar-refractivity contribution in [3.63, 3.8) is 0 Å². The minimum atomic E-state index is 0.117. The average Bonchev–Trinajstić information content (AvgIpc) is 3.14. The standard InChI is InChI=1S/C17H16ClN3O2/c1-20-9-14(8-16(20)22)21-5-4-19-17(21)12-6-11-7-13(18)2-3-15(11)23-10-12/h2-7,14H,8-10H2,1H3. The molecule has 1 saturated heterocycles. The van der Waals surface area contributed by atoms with Crippen molar-refractivity contribution in [1.82, 2.24) is 14.5 Å². The van der Waals surface area contributed by atoms with Crippen LogP contribution in [0.1, 0.15) is 23.9 Å². The van der Waals surface area contributed by atoms with Crippen LogP contribution < -0.4 is 4.74 Å². The number of carbonyl (C=O) groups excluding carboxylic acids is 1. The van der Waals surface area contributed by atoms with Gasteiger partial charge in [-0.15, -0.1) is 0 Å². The third kappa shape index (κ3) is 2.51. The minimum absolute atomic E-state index is 0.117. The molecule has 2 aromatic rings. The van der Waals surface area contributed by atoms with E-state index < -0.39 is 0 Å². The number of imidazole rings is 1. The fraction of sp³-hybridized carbons (Fsp3) is 0.294. The summed E-state index contributed by atoms with van der Waals surface area (Å²) in [6.45, 7) is 1.17. The molecule has 0 saturated carbocycles. The summed E-state index contributed by atoms with van der Waals surface area (Å²) in [4.78, 5) is 18.0. The van der Waals surface area contributed by atoms with Gasteiger partial charge in [0.2, 0.25) is 5.91 Å². The molecule has 0 aliphatic carbocycles. The summed E-state index contributed by atoms with van der Waals surface area (Å²) in [5.41, 5.74) is 1.94. The average molecular weight is 330 g/mol. The third-order valence-corrected chi connectivity index (χ3v) is 4.59. The number of benzene rings is 1. The van der Waals surface area contributed by atoms with E-state index in [-0.39, 0.29) is 11.9 Å². The molecule has 1 amide bonds. The molecule has 118 valence electrons. The van der Waals surface area contributed by atoms with Crippen LogP contribution >= 0.6 is 11.6 Å². The molecule has 0 bridgehead atoms. The van der Waals surface area contributed by atoms with E-state index in [0.29, 0.717) is 24.6 Å². The SMILES string of the molecule is CN1CC(n2ccnc2C2=Cc3cc(Cl)ccc3OC2)CC1=O. The van der Waals surface area contributed by atoms with E-state index in [1.54, 1.807) is 11.1 Å². The number of aromatic nitrogens is 2. The number of likely N-dealkylation sites (tertiary alicyclic amines) is 1. The highest BCUT2D eigenvalue weighted by Crippen LogP contribution is 2.33. The maximum Gasteiger partial charge on any atom is 0.224 e. The summed E-state index contributed by atoms with van der Waals surface area (Å²) in [7, 11) is 1.83. The van der Waals surface area contributed by atoms with Crippen LogP contribution in [0.3, 0.4) is 0 Å². The predicted molar refractivity (Wildman–Crippen MR) is 88.3 cm³/mol. The van der Waals surface area contributed by atoms with Gasteiger partial charge in [0.25, 0.3) is 0 Å². The number of fused-ring (bicyclic) bond motifs is 1. The Balaban J connectivity index is 1.70. The molecule has 0 radical (unpaired) electrons. The van der Waals surface area contributed by atoms with Crippen molar-refractivity contribution in [2.24, 2.45) is 0 Å². The highest BCUT2D eigenvalue weighted by atomic mass is 35.5. The zero-order valence-corrected chi connectivity index (χ0v) is 13.5. The monoisotopic (exact) mass is 329 g/mol. The van der Waals surface area contributed by atoms with Crippen molar-refractivity contribution >= 4 is 29.2 Å². The van der Waals surface area contributed by atoms with Crippen LogP contribution in [0.4, 0.5) is 0 Å². The highest BCUT2D eigenvalue weighted by molar-refractivity contribution is 6.30. The number of nitrogens with zero attached hydrogens (tertiary/aromatic N) is 3. The lowest BCUT2D eigenvalue weighted by Crippen LogP contribution is -2.20. The van der Waals surface area contributed by atoms with Gasteiger partial charge >= 0.3 is 0 Å². The molecule has 5 nitrogen and oxygen atoms in total. The van der Waals surface area contributed by atoms with Crippen molar-refractivity contribution in [2.75, 3.05) is 20.2 Å². The molecule has 1 unspecified atom stereocenters. The maximum atomic E-state index is 11.8. The van der Waals surface area contributed by atoms with Gasteiger partial charge in [-0.25, -0.2) is 4.98 Å². The molecule has 1 fully saturated rings. The van der Waals surface area contributed by atoms with Crippen molar-refractivity contribution in [3.8, 4) is 5.75 Å². The summed E-state index contributed by atoms with van der Waals surface area (Å²) in [6, 6.07) is 5.70. The maximum absolute atomic E-state index is 11.8. The molecule has 2 aliphatic heterocycles. The number of hydrogen-bond acceptors (Lipinski definition) is 3. The highest BCUT2D eigenvalue weighted by Gasteiger charge is 2.30. The van der Waals surface area contributed by atoms with Gasteiger partial charge in [-0.3, -0.25) is 4.79 Å². The number of halogens is 1. The second-order valence-corrected chi connectivity index (χ2v) is 6.37. The van der Waals surface area contributed by atoms with Gasteiger partial charge in [-0.05, 0) is 24.3 Å². The first-order chi connectivity index (χ1) is 11.1. The van der Waals surface area contributed by atoms with Crippen molar-refractivity contribution < 1.29 is 9.53 Å². The Morgan fingerprint density at radius 3 is 3.04 bits per heavy atom. The molecule has 1 aromatic heterocycles. The van der Waals surface area contributed by atoms with Gasteiger partial charge in [0.15, 0.2) is 0 Å². The van der Waals surface area contributed by atoms with Crippen molar-refractivity contribution in [2.45, 2.75) is 12.5 Å². The number of hydrogen-bond donors (Lipinski definition) is 0. The number of ether oxygens (including phenoxy) is 1. The first-order valence-corrected chi connectivity index (χ1v) is 7.90. The van der Waals surface area contributed by atoms with Gasteiger partial charge in [-0.2, -0.15) is 0 Å². The first-order valence-electron chi connectivity index (χ1n) is 7.52. The second kappa shape index (κ2) is 5.42. The molecule has 1 aromatic carbocycles. The lowest BCUT2D eigenvalue weighted by Gasteiger charge is -2.20. The molecule has 1 atom stereocenters. The van der Waals surface area contributed by atoms with Crippen LogP contribution in [0.25, 0.3) is 11.6 Å². The molecule has 2 aliphatic rings. The van der Waals surface area contributed by atoms with E-state index in [1.807, 2.05) is 31.4 Å². The normalized spacial score (nSPS) is 20.3. The predicted octanol–water partition coefficient (Wildman–Crippen LogP) is 2.87. The Kier molecular flexibility index (Phi) is 3.38. The molecular weight excluding hydrogens is 314 g/mol. The van der Waals surface area contributed by atoms with Crippen molar-refractivity contribution in [1.29, 1.82) is 0 Å². The van der Waals surface area contributed by atoms with Crippen molar-refractivity contribution in [3.05, 3.63) is 47.0 Å². The molecular formula is C17H16ClN3O2. The lowest BCUT2D eigenvalue weighted by molar-refractivity contribution is -0.126. The van der Waals surface area contributed by atoms with E-state index in [9.17, 15) is 4.79 Å². The van der Waals surface area contributed by atoms with Crippen LogP contribution in [0, 0.1) is 0 Å². The summed E-state index contributed by atoms with van der Waals surface area (Å²) in [6.07, 6.45) is 6.27. The number of rotatable bonds is 2. The van der Waals surface area contributed by atoms with Crippen LogP contribution in [0.5, 0.6) is 5.75 Å². The first kappa shape index (κ1) is 14.3. The molecule has 6 heteroatoms. The van der Waals surface area contributed by atoms with Crippen LogP contribution in [0.15, 0.2) is 30.6 Å². The summed E-state index contributed by atoms with van der Waals surface area (Å²) in [5, 5.41) is 0.677. The molecule has 0 spiro atoms. The van der Waals surface area contributed by atoms with Crippen LogP contribution in [0.2, 0.25) is 5.02 Å². The van der Waals surface area contributed by atoms with Gasteiger partial charge in [-0.1, -0.05) is 11.6 Å². The van der Waals surface area contributed by atoms with E-state index in [1.165, 1.54) is 0 Å². The Bertz CT molecular complexity index is 812. The largest absolute Gasteiger partial charge is 0.488 e. The summed E-state index contributed by atoms with van der Waals surface area (Å²) >= 11 is 6.07. The number of amides is 1. The van der Waals surface area contributed by atoms with Gasteiger partial charge in [0.1, 0.15) is 18.2 Å². The molecule has 3 heterocycles. The Morgan fingerprint density at radius 1 is 1.39 bits per heavy atom. The van der Waals surface area contributed by atoms with E-state index in [2.05, 4.69) is 15.6 Å². The fourth-order valence-electron chi connectivity index (χ4n) is 3.16. The minimum Gasteiger partial charge on any atom is -0.488 e. The molecule has 4 rings (SSSR count). The Hall–Kier alpha value is -2.27. The number of likely N-dealkylation sites (N-methyl/N-ethyl adjacent to an activating group) is 1. The zero-order chi connectivity index (χ0) is 16.0. The summed E-state index contributed by atoms with van der Waals surface area (Å²) < 4.78 is 7.89. The fourth-order valence-corrected chi connectivity index (χ4v) is 3.34. The molecule has 23 heavy (non-hydrogen) atoms. The third-order valence-electron chi connectivity index (χ3n) is 4.35.